The molecule has 4 nitrogen and oxygen atoms in total. The molecule has 0 aliphatic heterocycles. The standard InChI is InChI=1S/C26H31Cl3N2O2S/c1-2-24(26(33)30-22-6-4-3-5-7-22)31(15-19-10-13-21(28)14-23(19)29)25(32)17-34-16-18-8-11-20(27)12-9-18/h8-14,22,24H,2-7,15-17H2,1H3,(H,30,33)/t24-/m0/s1. The highest BCUT2D eigenvalue weighted by Gasteiger charge is 2.30. The lowest BCUT2D eigenvalue weighted by Crippen LogP contribution is -2.52. The third kappa shape index (κ3) is 8.08. The van der Waals surface area contributed by atoms with E-state index in [0.717, 1.165) is 36.8 Å². The van der Waals surface area contributed by atoms with Crippen molar-refractivity contribution in [2.24, 2.45) is 0 Å². The second-order valence-electron chi connectivity index (χ2n) is 8.64. The van der Waals surface area contributed by atoms with Gasteiger partial charge >= 0.3 is 0 Å². The molecule has 0 spiro atoms. The summed E-state index contributed by atoms with van der Waals surface area (Å²) < 4.78 is 0. The molecular formula is C26H31Cl3N2O2S. The predicted octanol–water partition coefficient (Wildman–Crippen LogP) is 7.14. The van der Waals surface area contributed by atoms with E-state index in [0.29, 0.717) is 27.2 Å². The Morgan fingerprint density at radius 1 is 1.03 bits per heavy atom. The lowest BCUT2D eigenvalue weighted by atomic mass is 9.95. The lowest BCUT2D eigenvalue weighted by Gasteiger charge is -2.33. The lowest BCUT2D eigenvalue weighted by molar-refractivity contribution is -0.139. The van der Waals surface area contributed by atoms with Gasteiger partial charge in [0.2, 0.25) is 11.8 Å². The topological polar surface area (TPSA) is 49.4 Å². The number of nitrogens with zero attached hydrogens (tertiary/aromatic N) is 1. The minimum absolute atomic E-state index is 0.0874. The van der Waals surface area contributed by atoms with Crippen LogP contribution in [0.15, 0.2) is 42.5 Å². The van der Waals surface area contributed by atoms with Crippen molar-refractivity contribution in [3.05, 3.63) is 68.7 Å². The molecule has 2 amide bonds. The Hall–Kier alpha value is -1.40. The van der Waals surface area contributed by atoms with Crippen molar-refractivity contribution in [2.75, 3.05) is 5.75 Å². The van der Waals surface area contributed by atoms with Gasteiger partial charge in [-0.25, -0.2) is 0 Å². The van der Waals surface area contributed by atoms with Crippen LogP contribution in [0.5, 0.6) is 0 Å². The molecule has 184 valence electrons. The average Bonchev–Trinajstić information content (AvgIpc) is 2.82. The first-order chi connectivity index (χ1) is 16.4. The maximum Gasteiger partial charge on any atom is 0.243 e. The van der Waals surface area contributed by atoms with Crippen LogP contribution in [0.4, 0.5) is 0 Å². The first kappa shape index (κ1) is 27.2. The summed E-state index contributed by atoms with van der Waals surface area (Å²) in [4.78, 5) is 28.3. The number of hydrogen-bond donors (Lipinski definition) is 1. The summed E-state index contributed by atoms with van der Waals surface area (Å²) in [6.45, 7) is 2.20. The van der Waals surface area contributed by atoms with E-state index >= 15 is 0 Å². The van der Waals surface area contributed by atoms with Crippen molar-refractivity contribution < 1.29 is 9.59 Å². The molecule has 0 radical (unpaired) electrons. The number of thioether (sulfide) groups is 1. The van der Waals surface area contributed by atoms with Gasteiger partial charge in [-0.3, -0.25) is 9.59 Å². The number of halogens is 3. The molecule has 1 atom stereocenters. The molecule has 1 saturated carbocycles. The highest BCUT2D eigenvalue weighted by Crippen LogP contribution is 2.25. The van der Waals surface area contributed by atoms with Gasteiger partial charge in [0.1, 0.15) is 6.04 Å². The zero-order valence-electron chi connectivity index (χ0n) is 19.4. The minimum atomic E-state index is -0.558. The van der Waals surface area contributed by atoms with E-state index in [1.807, 2.05) is 37.3 Å². The van der Waals surface area contributed by atoms with Gasteiger partial charge in [0.25, 0.3) is 0 Å². The Balaban J connectivity index is 1.72. The van der Waals surface area contributed by atoms with Crippen LogP contribution >= 0.6 is 46.6 Å². The second kappa shape index (κ2) is 13.6. The molecule has 34 heavy (non-hydrogen) atoms. The van der Waals surface area contributed by atoms with E-state index in [2.05, 4.69) is 5.32 Å². The van der Waals surface area contributed by atoms with Gasteiger partial charge < -0.3 is 10.2 Å². The fourth-order valence-electron chi connectivity index (χ4n) is 4.22. The summed E-state index contributed by atoms with van der Waals surface area (Å²) in [7, 11) is 0. The number of benzene rings is 2. The van der Waals surface area contributed by atoms with E-state index < -0.39 is 6.04 Å². The maximum absolute atomic E-state index is 13.4. The zero-order valence-corrected chi connectivity index (χ0v) is 22.5. The summed E-state index contributed by atoms with van der Waals surface area (Å²) in [6.07, 6.45) is 6.00. The molecule has 0 saturated heterocycles. The molecule has 1 aliphatic carbocycles. The molecule has 3 rings (SSSR count). The van der Waals surface area contributed by atoms with E-state index in [9.17, 15) is 9.59 Å². The van der Waals surface area contributed by atoms with Crippen LogP contribution in [0.2, 0.25) is 15.1 Å². The number of hydrogen-bond acceptors (Lipinski definition) is 3. The van der Waals surface area contributed by atoms with Crippen molar-refractivity contribution in [3.8, 4) is 0 Å². The van der Waals surface area contributed by atoms with Crippen molar-refractivity contribution in [3.63, 3.8) is 0 Å². The van der Waals surface area contributed by atoms with Crippen LogP contribution in [0.25, 0.3) is 0 Å². The van der Waals surface area contributed by atoms with Crippen LogP contribution in [-0.4, -0.2) is 34.6 Å². The second-order valence-corrected chi connectivity index (χ2v) is 10.9. The molecule has 1 N–H and O–H groups in total. The third-order valence-corrected chi connectivity index (χ3v) is 7.93. The molecule has 8 heteroatoms. The van der Waals surface area contributed by atoms with E-state index in [1.54, 1.807) is 17.0 Å². The highest BCUT2D eigenvalue weighted by atomic mass is 35.5. The first-order valence-electron chi connectivity index (χ1n) is 11.7. The SMILES string of the molecule is CC[C@@H](C(=O)NC1CCCCC1)N(Cc1ccc(Cl)cc1Cl)C(=O)CSCc1ccc(Cl)cc1. The number of carbonyl (C=O) groups excluding carboxylic acids is 2. The summed E-state index contributed by atoms with van der Waals surface area (Å²) >= 11 is 20.0. The minimum Gasteiger partial charge on any atom is -0.352 e. The fourth-order valence-corrected chi connectivity index (χ4v) is 5.68. The van der Waals surface area contributed by atoms with Crippen LogP contribution in [0.1, 0.15) is 56.6 Å². The fraction of sp³-hybridized carbons (Fsp3) is 0.462. The quantitative estimate of drug-likeness (QED) is 0.348. The Bertz CT molecular complexity index is 965. The monoisotopic (exact) mass is 540 g/mol. The van der Waals surface area contributed by atoms with Gasteiger partial charge in [0.15, 0.2) is 0 Å². The Labute approximate surface area is 221 Å². The molecule has 2 aromatic carbocycles. The molecule has 1 aliphatic rings. The number of rotatable bonds is 10. The van der Waals surface area contributed by atoms with Gasteiger partial charge in [-0.05, 0) is 54.7 Å². The van der Waals surface area contributed by atoms with Crippen LogP contribution < -0.4 is 5.32 Å². The van der Waals surface area contributed by atoms with Crippen LogP contribution in [0.3, 0.4) is 0 Å². The Morgan fingerprint density at radius 3 is 2.35 bits per heavy atom. The number of nitrogens with one attached hydrogen (secondary N) is 1. The van der Waals surface area contributed by atoms with Gasteiger partial charge in [-0.2, -0.15) is 0 Å². The molecule has 0 bridgehead atoms. The molecule has 0 unspecified atom stereocenters. The molecule has 0 heterocycles. The van der Waals surface area contributed by atoms with Crippen LogP contribution in [0, 0.1) is 0 Å². The zero-order chi connectivity index (χ0) is 24.5. The van der Waals surface area contributed by atoms with Crippen molar-refractivity contribution in [1.29, 1.82) is 0 Å². The largest absolute Gasteiger partial charge is 0.352 e. The highest BCUT2D eigenvalue weighted by molar-refractivity contribution is 7.99. The predicted molar refractivity (Wildman–Crippen MR) is 144 cm³/mol. The summed E-state index contributed by atoms with van der Waals surface area (Å²) in [5.74, 6) is 0.774. The third-order valence-electron chi connectivity index (χ3n) is 6.10. The van der Waals surface area contributed by atoms with E-state index in [4.69, 9.17) is 34.8 Å². The van der Waals surface area contributed by atoms with Gasteiger partial charge in [-0.15, -0.1) is 11.8 Å². The smallest absolute Gasteiger partial charge is 0.243 e. The Kier molecular flexibility index (Phi) is 10.9. The van der Waals surface area contributed by atoms with Crippen molar-refractivity contribution >= 4 is 58.4 Å². The van der Waals surface area contributed by atoms with E-state index in [1.165, 1.54) is 18.2 Å². The summed E-state index contributed by atoms with van der Waals surface area (Å²) in [5, 5.41) is 4.90. The van der Waals surface area contributed by atoms with Gasteiger partial charge in [0, 0.05) is 33.4 Å². The number of carbonyl (C=O) groups is 2. The Morgan fingerprint density at radius 2 is 1.71 bits per heavy atom. The molecule has 1 fully saturated rings. The van der Waals surface area contributed by atoms with Gasteiger partial charge in [0.05, 0.1) is 5.75 Å². The van der Waals surface area contributed by atoms with Gasteiger partial charge in [-0.1, -0.05) is 79.2 Å². The molecule has 0 aromatic heterocycles. The first-order valence-corrected chi connectivity index (χ1v) is 14.0. The van der Waals surface area contributed by atoms with Crippen molar-refractivity contribution in [1.82, 2.24) is 10.2 Å². The van der Waals surface area contributed by atoms with E-state index in [-0.39, 0.29) is 30.2 Å². The summed E-state index contributed by atoms with van der Waals surface area (Å²) in [6, 6.07) is 12.5. The van der Waals surface area contributed by atoms with Crippen molar-refractivity contribution in [2.45, 2.75) is 69.8 Å². The van der Waals surface area contributed by atoms with Crippen LogP contribution in [-0.2, 0) is 21.9 Å². The maximum atomic E-state index is 13.4. The normalized spacial score (nSPS) is 15.1. The molecular weight excluding hydrogens is 511 g/mol. The molecule has 2 aromatic rings. The average molecular weight is 542 g/mol. The number of amides is 2. The summed E-state index contributed by atoms with van der Waals surface area (Å²) in [5.41, 5.74) is 1.86.